The molecule has 0 aliphatic carbocycles. The Labute approximate surface area is 129 Å². The number of carbonyl (C=O) groups excluding carboxylic acids is 1. The van der Waals surface area contributed by atoms with E-state index in [1.165, 1.54) is 31.4 Å². The number of carboxylic acid groups (broad SMARTS) is 1. The molecule has 122 valence electrons. The number of carboxylic acids is 1. The third-order valence-electron chi connectivity index (χ3n) is 2.96. The molecule has 1 unspecified atom stereocenters. The molecule has 0 aromatic heterocycles. The minimum absolute atomic E-state index is 0.0342. The van der Waals surface area contributed by atoms with Crippen LogP contribution >= 0.6 is 0 Å². The number of hydrogen-bond donors (Lipinski definition) is 2. The van der Waals surface area contributed by atoms with Crippen molar-refractivity contribution in [3.63, 3.8) is 0 Å². The van der Waals surface area contributed by atoms with E-state index in [-0.39, 0.29) is 23.5 Å². The maximum absolute atomic E-state index is 12.2. The number of amides is 1. The van der Waals surface area contributed by atoms with Crippen LogP contribution in [0.2, 0.25) is 0 Å². The van der Waals surface area contributed by atoms with E-state index < -0.39 is 27.3 Å². The quantitative estimate of drug-likeness (QED) is 0.762. The lowest BCUT2D eigenvalue weighted by molar-refractivity contribution is -0.139. The maximum Gasteiger partial charge on any atom is 0.305 e. The van der Waals surface area contributed by atoms with E-state index in [4.69, 9.17) is 9.84 Å². The smallest absolute Gasteiger partial charge is 0.305 e. The number of nitrogens with one attached hydrogen (secondary N) is 1. The molecule has 1 rings (SSSR count). The molecule has 0 fully saturated rings. The summed E-state index contributed by atoms with van der Waals surface area (Å²) in [7, 11) is -1.92. The number of carbonyl (C=O) groups is 2. The van der Waals surface area contributed by atoms with E-state index in [1.54, 1.807) is 6.92 Å². The number of ether oxygens (including phenoxy) is 1. The Morgan fingerprint density at radius 2 is 1.82 bits per heavy atom. The number of hydrogen-bond acceptors (Lipinski definition) is 5. The van der Waals surface area contributed by atoms with Gasteiger partial charge in [-0.05, 0) is 31.2 Å². The topological polar surface area (TPSA) is 110 Å². The average molecular weight is 329 g/mol. The van der Waals surface area contributed by atoms with Gasteiger partial charge in [-0.3, -0.25) is 9.59 Å². The lowest BCUT2D eigenvalue weighted by Gasteiger charge is -2.28. The molecule has 0 aliphatic rings. The van der Waals surface area contributed by atoms with Crippen molar-refractivity contribution in [2.75, 3.05) is 20.0 Å². The molecule has 0 heterocycles. The van der Waals surface area contributed by atoms with E-state index in [0.29, 0.717) is 0 Å². The van der Waals surface area contributed by atoms with E-state index in [2.05, 4.69) is 5.32 Å². The number of rotatable bonds is 7. The van der Waals surface area contributed by atoms with Crippen molar-refractivity contribution in [3.05, 3.63) is 29.8 Å². The SMILES string of the molecule is COCC(C)(CC(=O)O)NC(=O)c1ccc(S(C)(=O)=O)cc1. The van der Waals surface area contributed by atoms with Gasteiger partial charge in [0.1, 0.15) is 0 Å². The molecule has 7 nitrogen and oxygen atoms in total. The molecule has 0 spiro atoms. The van der Waals surface area contributed by atoms with Crippen LogP contribution in [0.15, 0.2) is 29.2 Å². The fraction of sp³-hybridized carbons (Fsp3) is 0.429. The first kappa shape index (κ1) is 18.1. The van der Waals surface area contributed by atoms with Gasteiger partial charge in [-0.15, -0.1) is 0 Å². The van der Waals surface area contributed by atoms with Gasteiger partial charge < -0.3 is 15.2 Å². The summed E-state index contributed by atoms with van der Waals surface area (Å²) in [5.74, 6) is -1.56. The highest BCUT2D eigenvalue weighted by Crippen LogP contribution is 2.14. The highest BCUT2D eigenvalue weighted by Gasteiger charge is 2.30. The van der Waals surface area contributed by atoms with Gasteiger partial charge in [0.2, 0.25) is 0 Å². The van der Waals surface area contributed by atoms with Crippen molar-refractivity contribution >= 4 is 21.7 Å². The summed E-state index contributed by atoms with van der Waals surface area (Å²) < 4.78 is 27.7. The second-order valence-electron chi connectivity index (χ2n) is 5.31. The van der Waals surface area contributed by atoms with Crippen molar-refractivity contribution in [2.24, 2.45) is 0 Å². The van der Waals surface area contributed by atoms with Gasteiger partial charge in [-0.1, -0.05) is 0 Å². The molecule has 0 bridgehead atoms. The Morgan fingerprint density at radius 1 is 1.27 bits per heavy atom. The van der Waals surface area contributed by atoms with Crippen LogP contribution < -0.4 is 5.32 Å². The largest absolute Gasteiger partial charge is 0.481 e. The molecule has 8 heteroatoms. The van der Waals surface area contributed by atoms with E-state index in [1.807, 2.05) is 0 Å². The molecular weight excluding hydrogens is 310 g/mol. The van der Waals surface area contributed by atoms with Gasteiger partial charge in [0, 0.05) is 18.9 Å². The zero-order chi connectivity index (χ0) is 17.0. The van der Waals surface area contributed by atoms with Crippen molar-refractivity contribution in [1.82, 2.24) is 5.32 Å². The lowest BCUT2D eigenvalue weighted by Crippen LogP contribution is -2.50. The van der Waals surface area contributed by atoms with Crippen LogP contribution in [-0.2, 0) is 19.4 Å². The number of aliphatic carboxylic acids is 1. The molecule has 0 saturated heterocycles. The molecule has 1 aromatic carbocycles. The van der Waals surface area contributed by atoms with Gasteiger partial charge in [0.05, 0.1) is 23.5 Å². The minimum atomic E-state index is -3.33. The standard InChI is InChI=1S/C14H19NO6S/c1-14(9-21-2,8-12(16)17)15-13(18)10-4-6-11(7-5-10)22(3,19)20/h4-7H,8-9H2,1-3H3,(H,15,18)(H,16,17). The van der Waals surface area contributed by atoms with Gasteiger partial charge in [0.15, 0.2) is 9.84 Å². The number of sulfone groups is 1. The summed E-state index contributed by atoms with van der Waals surface area (Å²) in [6.07, 6.45) is 0.776. The van der Waals surface area contributed by atoms with E-state index in [0.717, 1.165) is 6.26 Å². The molecule has 0 aliphatic heterocycles. The monoisotopic (exact) mass is 329 g/mol. The summed E-state index contributed by atoms with van der Waals surface area (Å²) >= 11 is 0. The molecule has 1 amide bonds. The predicted octanol–water partition coefficient (Wildman–Crippen LogP) is 0.700. The number of methoxy groups -OCH3 is 1. The maximum atomic E-state index is 12.2. The first-order valence-corrected chi connectivity index (χ1v) is 8.30. The van der Waals surface area contributed by atoms with Crippen LogP contribution in [0, 0.1) is 0 Å². The second-order valence-corrected chi connectivity index (χ2v) is 7.33. The summed E-state index contributed by atoms with van der Waals surface area (Å²) in [6, 6.07) is 5.41. The Kier molecular flexibility index (Phi) is 5.67. The Balaban J connectivity index is 2.93. The van der Waals surface area contributed by atoms with Gasteiger partial charge >= 0.3 is 5.97 Å². The molecule has 22 heavy (non-hydrogen) atoms. The normalized spacial score (nSPS) is 14.1. The zero-order valence-corrected chi connectivity index (χ0v) is 13.4. The van der Waals surface area contributed by atoms with Gasteiger partial charge in [-0.25, -0.2) is 8.42 Å². The van der Waals surface area contributed by atoms with Crippen LogP contribution in [0.25, 0.3) is 0 Å². The summed E-state index contributed by atoms with van der Waals surface area (Å²) in [4.78, 5) is 23.2. The van der Waals surface area contributed by atoms with E-state index >= 15 is 0 Å². The van der Waals surface area contributed by atoms with Crippen LogP contribution in [-0.4, -0.2) is 50.9 Å². The second kappa shape index (κ2) is 6.89. The summed E-state index contributed by atoms with van der Waals surface area (Å²) in [6.45, 7) is 1.60. The molecule has 1 aromatic rings. The highest BCUT2D eigenvalue weighted by molar-refractivity contribution is 7.90. The third-order valence-corrected chi connectivity index (χ3v) is 4.09. The Hall–Kier alpha value is -1.93. The Bertz CT molecular complexity index is 652. The minimum Gasteiger partial charge on any atom is -0.481 e. The first-order chi connectivity index (χ1) is 10.1. The fourth-order valence-corrected chi connectivity index (χ4v) is 2.61. The molecule has 0 saturated carbocycles. The van der Waals surface area contributed by atoms with Crippen LogP contribution in [0.4, 0.5) is 0 Å². The molecule has 0 radical (unpaired) electrons. The van der Waals surface area contributed by atoms with E-state index in [9.17, 15) is 18.0 Å². The van der Waals surface area contributed by atoms with Gasteiger partial charge in [-0.2, -0.15) is 0 Å². The van der Waals surface area contributed by atoms with Crippen molar-refractivity contribution in [2.45, 2.75) is 23.8 Å². The number of benzene rings is 1. The summed E-state index contributed by atoms with van der Waals surface area (Å²) in [5, 5.41) is 11.5. The molecule has 2 N–H and O–H groups in total. The van der Waals surface area contributed by atoms with Crippen molar-refractivity contribution in [3.8, 4) is 0 Å². The fourth-order valence-electron chi connectivity index (χ4n) is 1.98. The first-order valence-electron chi connectivity index (χ1n) is 6.41. The zero-order valence-electron chi connectivity index (χ0n) is 12.6. The third kappa shape index (κ3) is 5.12. The van der Waals surface area contributed by atoms with Crippen molar-refractivity contribution in [1.29, 1.82) is 0 Å². The lowest BCUT2D eigenvalue weighted by atomic mass is 9.98. The summed E-state index contributed by atoms with van der Waals surface area (Å²) in [5.41, 5.74) is -0.826. The molecule has 1 atom stereocenters. The van der Waals surface area contributed by atoms with Crippen LogP contribution in [0.5, 0.6) is 0 Å². The average Bonchev–Trinajstić information content (AvgIpc) is 2.36. The van der Waals surface area contributed by atoms with Crippen molar-refractivity contribution < 1.29 is 27.9 Å². The highest BCUT2D eigenvalue weighted by atomic mass is 32.2. The van der Waals surface area contributed by atoms with Gasteiger partial charge in [0.25, 0.3) is 5.91 Å². The van der Waals surface area contributed by atoms with Crippen LogP contribution in [0.3, 0.4) is 0 Å². The molecular formula is C14H19NO6S. The van der Waals surface area contributed by atoms with Crippen LogP contribution in [0.1, 0.15) is 23.7 Å². The Morgan fingerprint density at radius 3 is 2.23 bits per heavy atom. The predicted molar refractivity (Wildman–Crippen MR) is 79.6 cm³/mol.